The number of methoxy groups -OCH3 is 2. The van der Waals surface area contributed by atoms with Crippen molar-refractivity contribution in [2.45, 2.75) is 6.42 Å². The Balaban J connectivity index is 1.90. The standard InChI is InChI=1S/C18H19N3O3/c1-23-14-7-8-16(17(11-14)24-2)20-10-9-18(22)21-15-6-4-3-5-13(15)12-19/h3-8,11,20H,9-10H2,1-2H3,(H,21,22). The van der Waals surface area contributed by atoms with Gasteiger partial charge in [0.1, 0.15) is 17.6 Å². The van der Waals surface area contributed by atoms with Gasteiger partial charge in [-0.1, -0.05) is 12.1 Å². The number of nitrogens with zero attached hydrogens (tertiary/aromatic N) is 1. The van der Waals surface area contributed by atoms with Gasteiger partial charge in [-0.2, -0.15) is 5.26 Å². The minimum atomic E-state index is -0.169. The number of hydrogen-bond acceptors (Lipinski definition) is 5. The Morgan fingerprint density at radius 3 is 2.62 bits per heavy atom. The molecule has 6 nitrogen and oxygen atoms in total. The number of nitrogens with one attached hydrogen (secondary N) is 2. The summed E-state index contributed by atoms with van der Waals surface area (Å²) < 4.78 is 10.4. The Kier molecular flexibility index (Phi) is 6.03. The van der Waals surface area contributed by atoms with Crippen LogP contribution in [0.3, 0.4) is 0 Å². The van der Waals surface area contributed by atoms with Crippen LogP contribution < -0.4 is 20.1 Å². The van der Waals surface area contributed by atoms with Crippen LogP contribution in [0.2, 0.25) is 0 Å². The summed E-state index contributed by atoms with van der Waals surface area (Å²) in [4.78, 5) is 12.0. The molecule has 6 heteroatoms. The summed E-state index contributed by atoms with van der Waals surface area (Å²) in [6.07, 6.45) is 0.259. The fourth-order valence-electron chi connectivity index (χ4n) is 2.16. The lowest BCUT2D eigenvalue weighted by Crippen LogP contribution is -2.17. The smallest absolute Gasteiger partial charge is 0.226 e. The van der Waals surface area contributed by atoms with Gasteiger partial charge in [0, 0.05) is 19.0 Å². The van der Waals surface area contributed by atoms with Gasteiger partial charge in [0.05, 0.1) is 31.2 Å². The number of carbonyl (C=O) groups is 1. The van der Waals surface area contributed by atoms with E-state index in [9.17, 15) is 4.79 Å². The molecule has 0 aliphatic rings. The van der Waals surface area contributed by atoms with Crippen LogP contribution in [-0.2, 0) is 4.79 Å². The van der Waals surface area contributed by atoms with Gasteiger partial charge in [-0.05, 0) is 24.3 Å². The molecule has 0 spiro atoms. The first-order chi connectivity index (χ1) is 11.7. The predicted molar refractivity (Wildman–Crippen MR) is 92.4 cm³/mol. The van der Waals surface area contributed by atoms with Gasteiger partial charge in [0.25, 0.3) is 0 Å². The molecular weight excluding hydrogens is 306 g/mol. The summed E-state index contributed by atoms with van der Waals surface area (Å²) in [7, 11) is 3.16. The summed E-state index contributed by atoms with van der Waals surface area (Å²) in [5.74, 6) is 1.17. The van der Waals surface area contributed by atoms with Crippen LogP contribution in [-0.4, -0.2) is 26.7 Å². The van der Waals surface area contributed by atoms with Crippen LogP contribution in [0.1, 0.15) is 12.0 Å². The topological polar surface area (TPSA) is 83.4 Å². The van der Waals surface area contributed by atoms with E-state index in [0.717, 1.165) is 5.69 Å². The number of rotatable bonds is 7. The highest BCUT2D eigenvalue weighted by Crippen LogP contribution is 2.28. The fourth-order valence-corrected chi connectivity index (χ4v) is 2.16. The van der Waals surface area contributed by atoms with Crippen LogP contribution in [0.4, 0.5) is 11.4 Å². The van der Waals surface area contributed by atoms with E-state index in [1.54, 1.807) is 44.6 Å². The lowest BCUT2D eigenvalue weighted by molar-refractivity contribution is -0.115. The molecule has 0 heterocycles. The number of carbonyl (C=O) groups excluding carboxylic acids is 1. The largest absolute Gasteiger partial charge is 0.497 e. The zero-order chi connectivity index (χ0) is 17.4. The minimum Gasteiger partial charge on any atom is -0.497 e. The Labute approximate surface area is 141 Å². The van der Waals surface area contributed by atoms with Crippen molar-refractivity contribution < 1.29 is 14.3 Å². The molecule has 0 saturated carbocycles. The van der Waals surface area contributed by atoms with Crippen molar-refractivity contribution in [2.75, 3.05) is 31.4 Å². The van der Waals surface area contributed by atoms with E-state index in [4.69, 9.17) is 14.7 Å². The average Bonchev–Trinajstić information content (AvgIpc) is 2.62. The summed E-state index contributed by atoms with van der Waals surface area (Å²) in [6, 6.07) is 14.4. The normalized spacial score (nSPS) is 9.71. The van der Waals surface area contributed by atoms with Crippen molar-refractivity contribution in [1.82, 2.24) is 0 Å². The molecule has 0 bridgehead atoms. The molecule has 0 atom stereocenters. The number of benzene rings is 2. The maximum Gasteiger partial charge on any atom is 0.226 e. The van der Waals surface area contributed by atoms with Gasteiger partial charge < -0.3 is 20.1 Å². The third kappa shape index (κ3) is 4.40. The first-order valence-corrected chi connectivity index (χ1v) is 7.42. The van der Waals surface area contributed by atoms with Gasteiger partial charge in [-0.15, -0.1) is 0 Å². The number of nitriles is 1. The molecule has 0 unspecified atom stereocenters. The van der Waals surface area contributed by atoms with Crippen LogP contribution in [0, 0.1) is 11.3 Å². The SMILES string of the molecule is COc1ccc(NCCC(=O)Nc2ccccc2C#N)c(OC)c1. The molecule has 0 radical (unpaired) electrons. The second kappa shape index (κ2) is 8.44. The Morgan fingerprint density at radius 1 is 1.12 bits per heavy atom. The van der Waals surface area contributed by atoms with Crippen molar-refractivity contribution >= 4 is 17.3 Å². The summed E-state index contributed by atoms with van der Waals surface area (Å²) in [5, 5.41) is 14.9. The van der Waals surface area contributed by atoms with Gasteiger partial charge in [0.2, 0.25) is 5.91 Å². The van der Waals surface area contributed by atoms with Crippen molar-refractivity contribution in [3.8, 4) is 17.6 Å². The van der Waals surface area contributed by atoms with Crippen molar-refractivity contribution in [2.24, 2.45) is 0 Å². The first-order valence-electron chi connectivity index (χ1n) is 7.42. The summed E-state index contributed by atoms with van der Waals surface area (Å²) >= 11 is 0. The molecular formula is C18H19N3O3. The Hall–Kier alpha value is -3.20. The van der Waals surface area contributed by atoms with E-state index in [-0.39, 0.29) is 12.3 Å². The lowest BCUT2D eigenvalue weighted by Gasteiger charge is -2.12. The molecule has 124 valence electrons. The van der Waals surface area contributed by atoms with Crippen molar-refractivity contribution in [1.29, 1.82) is 5.26 Å². The summed E-state index contributed by atoms with van der Waals surface area (Å²) in [5.41, 5.74) is 1.74. The molecule has 2 aromatic carbocycles. The second-order valence-corrected chi connectivity index (χ2v) is 4.95. The number of hydrogen-bond donors (Lipinski definition) is 2. The second-order valence-electron chi connectivity index (χ2n) is 4.95. The van der Waals surface area contributed by atoms with E-state index in [1.807, 2.05) is 12.1 Å². The van der Waals surface area contributed by atoms with Gasteiger partial charge >= 0.3 is 0 Å². The average molecular weight is 325 g/mol. The number of anilines is 2. The molecule has 2 aromatic rings. The molecule has 0 aromatic heterocycles. The monoisotopic (exact) mass is 325 g/mol. The zero-order valence-electron chi connectivity index (χ0n) is 13.6. The van der Waals surface area contributed by atoms with E-state index in [0.29, 0.717) is 29.3 Å². The predicted octanol–water partition coefficient (Wildman–Crippen LogP) is 3.02. The Morgan fingerprint density at radius 2 is 1.92 bits per heavy atom. The number of para-hydroxylation sites is 1. The van der Waals surface area contributed by atoms with Crippen LogP contribution in [0.15, 0.2) is 42.5 Å². The fraction of sp³-hybridized carbons (Fsp3) is 0.222. The molecule has 0 fully saturated rings. The number of ether oxygens (including phenoxy) is 2. The third-order valence-corrected chi connectivity index (χ3v) is 3.40. The highest BCUT2D eigenvalue weighted by molar-refractivity contribution is 5.92. The van der Waals surface area contributed by atoms with Gasteiger partial charge in [0.15, 0.2) is 0 Å². The first kappa shape index (κ1) is 17.2. The molecule has 1 amide bonds. The quantitative estimate of drug-likeness (QED) is 0.817. The minimum absolute atomic E-state index is 0.169. The summed E-state index contributed by atoms with van der Waals surface area (Å²) in [6.45, 7) is 0.434. The molecule has 0 aliphatic carbocycles. The molecule has 0 aliphatic heterocycles. The molecule has 2 rings (SSSR count). The molecule has 2 N–H and O–H groups in total. The zero-order valence-corrected chi connectivity index (χ0v) is 13.6. The maximum absolute atomic E-state index is 12.0. The van der Waals surface area contributed by atoms with Gasteiger partial charge in [-0.25, -0.2) is 0 Å². The maximum atomic E-state index is 12.0. The van der Waals surface area contributed by atoms with Crippen LogP contribution in [0.5, 0.6) is 11.5 Å². The van der Waals surface area contributed by atoms with Crippen molar-refractivity contribution in [3.63, 3.8) is 0 Å². The van der Waals surface area contributed by atoms with Crippen LogP contribution in [0.25, 0.3) is 0 Å². The highest BCUT2D eigenvalue weighted by Gasteiger charge is 2.08. The molecule has 24 heavy (non-hydrogen) atoms. The van der Waals surface area contributed by atoms with E-state index < -0.39 is 0 Å². The van der Waals surface area contributed by atoms with E-state index in [2.05, 4.69) is 16.7 Å². The van der Waals surface area contributed by atoms with E-state index >= 15 is 0 Å². The van der Waals surface area contributed by atoms with Gasteiger partial charge in [-0.3, -0.25) is 4.79 Å². The van der Waals surface area contributed by atoms with E-state index in [1.165, 1.54) is 0 Å². The molecule has 0 saturated heterocycles. The lowest BCUT2D eigenvalue weighted by atomic mass is 10.2. The number of amides is 1. The third-order valence-electron chi connectivity index (χ3n) is 3.40. The van der Waals surface area contributed by atoms with Crippen LogP contribution >= 0.6 is 0 Å². The highest BCUT2D eigenvalue weighted by atomic mass is 16.5. The van der Waals surface area contributed by atoms with Crippen molar-refractivity contribution in [3.05, 3.63) is 48.0 Å². The Bertz CT molecular complexity index is 753.